The first-order valence-electron chi connectivity index (χ1n) is 5.97. The molecule has 0 spiro atoms. The number of hydrogen-bond acceptors (Lipinski definition) is 2. The highest BCUT2D eigenvalue weighted by molar-refractivity contribution is 7.80. The lowest BCUT2D eigenvalue weighted by Gasteiger charge is -2.14. The lowest BCUT2D eigenvalue weighted by molar-refractivity contribution is 0.114. The molecule has 17 heavy (non-hydrogen) atoms. The first-order valence-corrected chi connectivity index (χ1v) is 6.38. The third-order valence-corrected chi connectivity index (χ3v) is 3.04. The van der Waals surface area contributed by atoms with E-state index in [-0.39, 0.29) is 0 Å². The summed E-state index contributed by atoms with van der Waals surface area (Å²) in [5, 5.41) is 7.02. The van der Waals surface area contributed by atoms with Crippen molar-refractivity contribution in [3.05, 3.63) is 29.8 Å². The molecule has 2 N–H and O–H groups in total. The normalized spacial score (nSPS) is 19.0. The van der Waals surface area contributed by atoms with Crippen LogP contribution < -0.4 is 10.6 Å². The molecule has 1 aromatic carbocycles. The summed E-state index contributed by atoms with van der Waals surface area (Å²) in [5.74, 6) is 0. The lowest BCUT2D eigenvalue weighted by Crippen LogP contribution is -2.34. The Morgan fingerprint density at radius 1 is 1.53 bits per heavy atom. The van der Waals surface area contributed by atoms with Gasteiger partial charge >= 0.3 is 0 Å². The maximum Gasteiger partial charge on any atom is 0.170 e. The summed E-state index contributed by atoms with van der Waals surface area (Å²) in [7, 11) is 0. The zero-order valence-electron chi connectivity index (χ0n) is 10.0. The maximum atomic E-state index is 5.52. The van der Waals surface area contributed by atoms with Crippen LogP contribution in [0.4, 0.5) is 5.69 Å². The molecule has 1 saturated heterocycles. The molecule has 1 aromatic rings. The molecule has 2 rings (SSSR count). The summed E-state index contributed by atoms with van der Waals surface area (Å²) in [6, 6.07) is 8.15. The number of nitrogens with one attached hydrogen (secondary N) is 2. The molecule has 1 heterocycles. The summed E-state index contributed by atoms with van der Waals surface area (Å²) in [5.41, 5.74) is 2.24. The summed E-state index contributed by atoms with van der Waals surface area (Å²) in [6.45, 7) is 3.73. The molecule has 92 valence electrons. The second-order valence-electron chi connectivity index (χ2n) is 4.34. The fraction of sp³-hybridized carbons (Fsp3) is 0.462. The van der Waals surface area contributed by atoms with Gasteiger partial charge in [0.1, 0.15) is 0 Å². The molecule has 1 aliphatic heterocycles. The second-order valence-corrected chi connectivity index (χ2v) is 4.75. The Hall–Kier alpha value is -1.13. The van der Waals surface area contributed by atoms with Gasteiger partial charge in [-0.25, -0.2) is 0 Å². The van der Waals surface area contributed by atoms with Gasteiger partial charge in [0, 0.05) is 18.8 Å². The first-order chi connectivity index (χ1) is 8.24. The monoisotopic (exact) mass is 250 g/mol. The Labute approximate surface area is 108 Å². The van der Waals surface area contributed by atoms with E-state index in [0.717, 1.165) is 31.7 Å². The molecule has 0 radical (unpaired) electrons. The van der Waals surface area contributed by atoms with E-state index in [4.69, 9.17) is 17.0 Å². The van der Waals surface area contributed by atoms with Crippen LogP contribution in [0.25, 0.3) is 0 Å². The van der Waals surface area contributed by atoms with Crippen LogP contribution in [0.3, 0.4) is 0 Å². The molecule has 0 aromatic heterocycles. The van der Waals surface area contributed by atoms with Crippen LogP contribution in [0, 0.1) is 6.92 Å². The van der Waals surface area contributed by atoms with E-state index >= 15 is 0 Å². The van der Waals surface area contributed by atoms with Crippen molar-refractivity contribution in [1.29, 1.82) is 0 Å². The molecule has 1 aliphatic rings. The minimum absolute atomic E-state index is 0.312. The molecule has 0 bridgehead atoms. The minimum Gasteiger partial charge on any atom is -0.376 e. The van der Waals surface area contributed by atoms with E-state index in [2.05, 4.69) is 29.7 Å². The Balaban J connectivity index is 1.76. The van der Waals surface area contributed by atoms with E-state index in [1.807, 2.05) is 12.1 Å². The van der Waals surface area contributed by atoms with Gasteiger partial charge in [0.25, 0.3) is 0 Å². The second kappa shape index (κ2) is 5.98. The molecule has 0 saturated carbocycles. The van der Waals surface area contributed by atoms with Crippen LogP contribution in [0.15, 0.2) is 24.3 Å². The molecule has 4 heteroatoms. The van der Waals surface area contributed by atoms with E-state index in [0.29, 0.717) is 11.2 Å². The fourth-order valence-corrected chi connectivity index (χ4v) is 2.11. The number of rotatable bonds is 3. The van der Waals surface area contributed by atoms with Crippen molar-refractivity contribution in [2.45, 2.75) is 25.9 Å². The summed E-state index contributed by atoms with van der Waals surface area (Å²) < 4.78 is 5.52. The number of anilines is 1. The zero-order chi connectivity index (χ0) is 12.1. The summed E-state index contributed by atoms with van der Waals surface area (Å²) >= 11 is 5.24. The van der Waals surface area contributed by atoms with Gasteiger partial charge in [-0.15, -0.1) is 0 Å². The van der Waals surface area contributed by atoms with Crippen molar-refractivity contribution in [3.63, 3.8) is 0 Å². The Morgan fingerprint density at radius 3 is 3.12 bits per heavy atom. The van der Waals surface area contributed by atoms with Crippen LogP contribution >= 0.6 is 12.2 Å². The third kappa shape index (κ3) is 3.98. The summed E-state index contributed by atoms with van der Waals surface area (Å²) in [4.78, 5) is 0. The van der Waals surface area contributed by atoms with Crippen molar-refractivity contribution in [3.8, 4) is 0 Å². The smallest absolute Gasteiger partial charge is 0.170 e. The van der Waals surface area contributed by atoms with Gasteiger partial charge in [-0.05, 0) is 49.7 Å². The van der Waals surface area contributed by atoms with Crippen molar-refractivity contribution >= 4 is 23.0 Å². The highest BCUT2D eigenvalue weighted by Crippen LogP contribution is 2.11. The zero-order valence-corrected chi connectivity index (χ0v) is 10.8. The number of benzene rings is 1. The highest BCUT2D eigenvalue weighted by atomic mass is 32.1. The van der Waals surface area contributed by atoms with Crippen LogP contribution in [-0.2, 0) is 4.74 Å². The largest absolute Gasteiger partial charge is 0.376 e. The van der Waals surface area contributed by atoms with Gasteiger partial charge in [-0.3, -0.25) is 0 Å². The fourth-order valence-electron chi connectivity index (χ4n) is 1.91. The molecule has 1 fully saturated rings. The standard InChI is InChI=1S/C13H18N2OS/c1-10-4-2-5-11(8-10)15-13(17)14-9-12-6-3-7-16-12/h2,4-5,8,12H,3,6-7,9H2,1H3,(H2,14,15,17)/t12-/m0/s1. The van der Waals surface area contributed by atoms with E-state index < -0.39 is 0 Å². The quantitative estimate of drug-likeness (QED) is 0.807. The van der Waals surface area contributed by atoms with Gasteiger partial charge in [-0.2, -0.15) is 0 Å². The van der Waals surface area contributed by atoms with Gasteiger partial charge in [-0.1, -0.05) is 12.1 Å². The van der Waals surface area contributed by atoms with Crippen LogP contribution in [0.1, 0.15) is 18.4 Å². The molecule has 0 aliphatic carbocycles. The van der Waals surface area contributed by atoms with Gasteiger partial charge in [0.05, 0.1) is 6.10 Å². The van der Waals surface area contributed by atoms with Gasteiger partial charge in [0.15, 0.2) is 5.11 Å². The number of hydrogen-bond donors (Lipinski definition) is 2. The van der Waals surface area contributed by atoms with Crippen molar-refractivity contribution < 1.29 is 4.74 Å². The average Bonchev–Trinajstić information content (AvgIpc) is 2.79. The minimum atomic E-state index is 0.312. The highest BCUT2D eigenvalue weighted by Gasteiger charge is 2.15. The molecule has 0 amide bonds. The predicted molar refractivity (Wildman–Crippen MR) is 74.4 cm³/mol. The van der Waals surface area contributed by atoms with E-state index in [1.165, 1.54) is 5.56 Å². The van der Waals surface area contributed by atoms with Crippen molar-refractivity contribution in [1.82, 2.24) is 5.32 Å². The van der Waals surface area contributed by atoms with Crippen LogP contribution in [-0.4, -0.2) is 24.4 Å². The number of aryl methyl sites for hydroxylation is 1. The van der Waals surface area contributed by atoms with Crippen molar-refractivity contribution in [2.75, 3.05) is 18.5 Å². The lowest BCUT2D eigenvalue weighted by atomic mass is 10.2. The Bertz CT molecular complexity index is 389. The molecule has 3 nitrogen and oxygen atoms in total. The third-order valence-electron chi connectivity index (χ3n) is 2.79. The molecular weight excluding hydrogens is 232 g/mol. The topological polar surface area (TPSA) is 33.3 Å². The van der Waals surface area contributed by atoms with Gasteiger partial charge < -0.3 is 15.4 Å². The van der Waals surface area contributed by atoms with Gasteiger partial charge in [0.2, 0.25) is 0 Å². The molecule has 0 unspecified atom stereocenters. The summed E-state index contributed by atoms with van der Waals surface area (Å²) in [6.07, 6.45) is 2.59. The Kier molecular flexibility index (Phi) is 4.34. The van der Waals surface area contributed by atoms with Crippen LogP contribution in [0.2, 0.25) is 0 Å². The predicted octanol–water partition coefficient (Wildman–Crippen LogP) is 2.46. The number of thiocarbonyl (C=S) groups is 1. The molecule has 1 atom stereocenters. The maximum absolute atomic E-state index is 5.52. The van der Waals surface area contributed by atoms with E-state index in [1.54, 1.807) is 0 Å². The Morgan fingerprint density at radius 2 is 2.41 bits per heavy atom. The number of ether oxygens (including phenoxy) is 1. The van der Waals surface area contributed by atoms with Crippen LogP contribution in [0.5, 0.6) is 0 Å². The molecular formula is C13H18N2OS. The average molecular weight is 250 g/mol. The van der Waals surface area contributed by atoms with Crippen molar-refractivity contribution in [2.24, 2.45) is 0 Å². The first kappa shape index (κ1) is 12.3. The SMILES string of the molecule is Cc1cccc(NC(=S)NC[C@@H]2CCCO2)c1. The van der Waals surface area contributed by atoms with E-state index in [9.17, 15) is 0 Å².